The molecule has 1 N–H and O–H groups in total. The first-order chi connectivity index (χ1) is 18.1. The van der Waals surface area contributed by atoms with Gasteiger partial charge in [-0.3, -0.25) is 9.69 Å². The molecule has 1 saturated heterocycles. The zero-order chi connectivity index (χ0) is 25.6. The maximum atomic E-state index is 13.2. The average Bonchev–Trinajstić information content (AvgIpc) is 3.46. The van der Waals surface area contributed by atoms with E-state index in [9.17, 15) is 4.79 Å². The maximum Gasteiger partial charge on any atom is 0.238 e. The van der Waals surface area contributed by atoms with Crippen molar-refractivity contribution in [3.8, 4) is 17.0 Å². The van der Waals surface area contributed by atoms with Gasteiger partial charge in [0.15, 0.2) is 0 Å². The SMILES string of the molecule is CCc1nccc(-c2cc(NC(=O)CN3CCN(CCc4cccs4)CC3)c3cc(OC)ccc3c2)n1. The number of carbonyl (C=O) groups excluding carboxylic acids is 1. The topological polar surface area (TPSA) is 70.6 Å². The number of amides is 1. The van der Waals surface area contributed by atoms with E-state index in [1.54, 1.807) is 13.3 Å². The summed E-state index contributed by atoms with van der Waals surface area (Å²) >= 11 is 1.82. The normalized spacial score (nSPS) is 14.6. The summed E-state index contributed by atoms with van der Waals surface area (Å²) in [7, 11) is 1.65. The fraction of sp³-hybridized carbons (Fsp3) is 0.345. The minimum atomic E-state index is -0.00904. The number of fused-ring (bicyclic) bond motifs is 1. The summed E-state index contributed by atoms with van der Waals surface area (Å²) in [6.45, 7) is 7.26. The van der Waals surface area contributed by atoms with Gasteiger partial charge in [-0.1, -0.05) is 19.1 Å². The van der Waals surface area contributed by atoms with Crippen LogP contribution in [0.3, 0.4) is 0 Å². The summed E-state index contributed by atoms with van der Waals surface area (Å²) in [6.07, 6.45) is 3.65. The summed E-state index contributed by atoms with van der Waals surface area (Å²) in [4.78, 5) is 28.3. The van der Waals surface area contributed by atoms with Crippen molar-refractivity contribution in [2.75, 3.05) is 51.7 Å². The van der Waals surface area contributed by atoms with Gasteiger partial charge >= 0.3 is 0 Å². The molecule has 192 valence electrons. The second-order valence-electron chi connectivity index (χ2n) is 9.32. The Morgan fingerprint density at radius 2 is 1.92 bits per heavy atom. The van der Waals surface area contributed by atoms with Crippen LogP contribution in [0.5, 0.6) is 5.75 Å². The number of nitrogens with one attached hydrogen (secondary N) is 1. The predicted octanol–water partition coefficient (Wildman–Crippen LogP) is 4.73. The van der Waals surface area contributed by atoms with Crippen LogP contribution in [0.25, 0.3) is 22.0 Å². The molecule has 0 aliphatic carbocycles. The molecule has 1 fully saturated rings. The third-order valence-corrected chi connectivity index (χ3v) is 7.78. The molecule has 0 spiro atoms. The van der Waals surface area contributed by atoms with Crippen LogP contribution in [-0.4, -0.2) is 72.1 Å². The minimum Gasteiger partial charge on any atom is -0.497 e. The van der Waals surface area contributed by atoms with Gasteiger partial charge in [-0.15, -0.1) is 11.3 Å². The Hall–Kier alpha value is -3.33. The van der Waals surface area contributed by atoms with Gasteiger partial charge in [-0.2, -0.15) is 0 Å². The van der Waals surface area contributed by atoms with Crippen LogP contribution in [-0.2, 0) is 17.6 Å². The van der Waals surface area contributed by atoms with Gasteiger partial charge in [-0.05, 0) is 53.6 Å². The number of aromatic nitrogens is 2. The fourth-order valence-electron chi connectivity index (χ4n) is 4.73. The molecule has 8 heteroatoms. The monoisotopic (exact) mass is 515 g/mol. The molecule has 0 bridgehead atoms. The number of rotatable bonds is 9. The summed E-state index contributed by atoms with van der Waals surface area (Å²) in [5.41, 5.74) is 2.56. The first-order valence-electron chi connectivity index (χ1n) is 12.8. The lowest BCUT2D eigenvalue weighted by Gasteiger charge is -2.34. The molecule has 1 aliphatic rings. The Balaban J connectivity index is 1.28. The van der Waals surface area contributed by atoms with E-state index in [0.717, 1.165) is 84.9 Å². The van der Waals surface area contributed by atoms with Crippen LogP contribution < -0.4 is 10.1 Å². The van der Waals surface area contributed by atoms with E-state index >= 15 is 0 Å². The van der Waals surface area contributed by atoms with Gasteiger partial charge in [0, 0.05) is 66.9 Å². The molecule has 0 saturated carbocycles. The Labute approximate surface area is 222 Å². The van der Waals surface area contributed by atoms with Crippen molar-refractivity contribution >= 4 is 33.7 Å². The van der Waals surface area contributed by atoms with Gasteiger partial charge in [0.1, 0.15) is 11.6 Å². The van der Waals surface area contributed by atoms with Gasteiger partial charge < -0.3 is 15.0 Å². The van der Waals surface area contributed by atoms with Crippen LogP contribution in [0.15, 0.2) is 60.1 Å². The number of hydrogen-bond acceptors (Lipinski definition) is 7. The van der Waals surface area contributed by atoms with Gasteiger partial charge in [0.05, 0.1) is 19.3 Å². The number of methoxy groups -OCH3 is 1. The van der Waals surface area contributed by atoms with Crippen LogP contribution >= 0.6 is 11.3 Å². The molecule has 7 nitrogen and oxygen atoms in total. The summed E-state index contributed by atoms with van der Waals surface area (Å²) in [5, 5.41) is 7.28. The number of thiophene rings is 1. The Morgan fingerprint density at radius 3 is 2.68 bits per heavy atom. The molecule has 4 aromatic rings. The molecule has 3 heterocycles. The summed E-state index contributed by atoms with van der Waals surface area (Å²) in [5.74, 6) is 1.54. The minimum absolute atomic E-state index is 0.00904. The molecule has 0 unspecified atom stereocenters. The van der Waals surface area contributed by atoms with Crippen LogP contribution in [0.2, 0.25) is 0 Å². The van der Waals surface area contributed by atoms with E-state index in [4.69, 9.17) is 9.72 Å². The van der Waals surface area contributed by atoms with E-state index < -0.39 is 0 Å². The van der Waals surface area contributed by atoms with E-state index in [1.165, 1.54) is 4.88 Å². The summed E-state index contributed by atoms with van der Waals surface area (Å²) < 4.78 is 5.46. The van der Waals surface area contributed by atoms with E-state index in [2.05, 4.69) is 43.7 Å². The van der Waals surface area contributed by atoms with Crippen molar-refractivity contribution in [1.29, 1.82) is 0 Å². The number of carbonyl (C=O) groups is 1. The average molecular weight is 516 g/mol. The van der Waals surface area contributed by atoms with Gasteiger partial charge in [-0.25, -0.2) is 9.97 Å². The molecular weight excluding hydrogens is 482 g/mol. The Kier molecular flexibility index (Phi) is 8.08. The van der Waals surface area contributed by atoms with Crippen molar-refractivity contribution in [3.05, 3.63) is 70.8 Å². The van der Waals surface area contributed by atoms with E-state index in [0.29, 0.717) is 6.54 Å². The van der Waals surface area contributed by atoms with E-state index in [1.807, 2.05) is 48.6 Å². The van der Waals surface area contributed by atoms with Crippen molar-refractivity contribution in [2.24, 2.45) is 0 Å². The number of hydrogen-bond donors (Lipinski definition) is 1. The second-order valence-corrected chi connectivity index (χ2v) is 10.4. The standard InChI is InChI=1S/C29H33N5O2S/c1-3-28-30-10-8-26(31-28)22-17-21-6-7-23(36-2)19-25(21)27(18-22)32-29(35)20-34-14-12-33(13-15-34)11-9-24-5-4-16-37-24/h4-8,10,16-19H,3,9,11-15,20H2,1-2H3,(H,32,35). The predicted molar refractivity (Wildman–Crippen MR) is 150 cm³/mol. The lowest BCUT2D eigenvalue weighted by Crippen LogP contribution is -2.49. The Bertz CT molecular complexity index is 1350. The molecular formula is C29H33N5O2S. The maximum absolute atomic E-state index is 13.2. The smallest absolute Gasteiger partial charge is 0.238 e. The number of nitrogens with zero attached hydrogens (tertiary/aromatic N) is 4. The highest BCUT2D eigenvalue weighted by Crippen LogP contribution is 2.33. The third-order valence-electron chi connectivity index (χ3n) is 6.84. The number of piperazine rings is 1. The quantitative estimate of drug-likeness (QED) is 0.348. The van der Waals surface area contributed by atoms with E-state index in [-0.39, 0.29) is 5.91 Å². The fourth-order valence-corrected chi connectivity index (χ4v) is 5.43. The first-order valence-corrected chi connectivity index (χ1v) is 13.7. The molecule has 5 rings (SSSR count). The molecule has 0 radical (unpaired) electrons. The van der Waals surface area contributed by atoms with Crippen molar-refractivity contribution in [1.82, 2.24) is 19.8 Å². The molecule has 1 amide bonds. The van der Waals surface area contributed by atoms with Crippen molar-refractivity contribution in [3.63, 3.8) is 0 Å². The van der Waals surface area contributed by atoms with Crippen LogP contribution in [0.1, 0.15) is 17.6 Å². The highest BCUT2D eigenvalue weighted by molar-refractivity contribution is 7.09. The third kappa shape index (κ3) is 6.33. The number of ether oxygens (including phenoxy) is 1. The van der Waals surface area contributed by atoms with Crippen molar-refractivity contribution < 1.29 is 9.53 Å². The molecule has 0 atom stereocenters. The zero-order valence-corrected chi connectivity index (χ0v) is 22.3. The number of benzene rings is 2. The highest BCUT2D eigenvalue weighted by atomic mass is 32.1. The highest BCUT2D eigenvalue weighted by Gasteiger charge is 2.20. The Morgan fingerprint density at radius 1 is 1.08 bits per heavy atom. The first kappa shape index (κ1) is 25.3. The number of anilines is 1. The zero-order valence-electron chi connectivity index (χ0n) is 21.4. The van der Waals surface area contributed by atoms with Gasteiger partial charge in [0.2, 0.25) is 5.91 Å². The molecule has 2 aromatic carbocycles. The van der Waals surface area contributed by atoms with Crippen LogP contribution in [0.4, 0.5) is 5.69 Å². The summed E-state index contributed by atoms with van der Waals surface area (Å²) in [6, 6.07) is 16.3. The molecule has 1 aliphatic heterocycles. The molecule has 2 aromatic heterocycles. The molecule has 37 heavy (non-hydrogen) atoms. The van der Waals surface area contributed by atoms with Gasteiger partial charge in [0.25, 0.3) is 0 Å². The largest absolute Gasteiger partial charge is 0.497 e. The second kappa shape index (κ2) is 11.8. The van der Waals surface area contributed by atoms with Crippen LogP contribution in [0, 0.1) is 0 Å². The lowest BCUT2D eigenvalue weighted by atomic mass is 10.0. The van der Waals surface area contributed by atoms with Crippen molar-refractivity contribution in [2.45, 2.75) is 19.8 Å². The number of aryl methyl sites for hydroxylation is 1. The lowest BCUT2D eigenvalue weighted by molar-refractivity contribution is -0.117.